The SMILES string of the molecule is CN=C(NCc1cc(OC)c(OC)c(OC)c1)NC1CC2CCC1O2. The van der Waals surface area contributed by atoms with Gasteiger partial charge in [0.05, 0.1) is 39.6 Å². The molecule has 2 aliphatic heterocycles. The number of hydrogen-bond donors (Lipinski definition) is 2. The number of nitrogens with zero attached hydrogens (tertiary/aromatic N) is 1. The predicted octanol–water partition coefficient (Wildman–Crippen LogP) is 1.70. The van der Waals surface area contributed by atoms with Crippen LogP contribution in [0.3, 0.4) is 0 Å². The molecule has 0 radical (unpaired) electrons. The number of methoxy groups -OCH3 is 3. The van der Waals surface area contributed by atoms with Crippen LogP contribution in [0.2, 0.25) is 0 Å². The van der Waals surface area contributed by atoms with Gasteiger partial charge in [0.15, 0.2) is 17.5 Å². The van der Waals surface area contributed by atoms with Gasteiger partial charge in [-0.3, -0.25) is 4.99 Å². The van der Waals surface area contributed by atoms with Crippen LogP contribution >= 0.6 is 0 Å². The summed E-state index contributed by atoms with van der Waals surface area (Å²) in [7, 11) is 6.61. The Morgan fingerprint density at radius 1 is 1.16 bits per heavy atom. The summed E-state index contributed by atoms with van der Waals surface area (Å²) in [6.45, 7) is 0.595. The molecule has 0 aromatic heterocycles. The van der Waals surface area contributed by atoms with Gasteiger partial charge >= 0.3 is 0 Å². The van der Waals surface area contributed by atoms with Gasteiger partial charge < -0.3 is 29.6 Å². The molecule has 2 N–H and O–H groups in total. The summed E-state index contributed by atoms with van der Waals surface area (Å²) in [4.78, 5) is 4.32. The first-order valence-corrected chi connectivity index (χ1v) is 8.60. The number of fused-ring (bicyclic) bond motifs is 2. The molecular weight excluding hydrogens is 322 g/mol. The molecule has 3 unspecified atom stereocenters. The van der Waals surface area contributed by atoms with E-state index in [0.29, 0.717) is 42.0 Å². The molecule has 7 heteroatoms. The molecule has 3 atom stereocenters. The molecule has 2 fully saturated rings. The maximum absolute atomic E-state index is 5.89. The number of rotatable bonds is 6. The number of hydrogen-bond acceptors (Lipinski definition) is 5. The van der Waals surface area contributed by atoms with Crippen LogP contribution in [0.5, 0.6) is 17.2 Å². The fourth-order valence-electron chi connectivity index (χ4n) is 3.58. The minimum atomic E-state index is 0.310. The highest BCUT2D eigenvalue weighted by molar-refractivity contribution is 5.80. The van der Waals surface area contributed by atoms with Crippen LogP contribution in [0.15, 0.2) is 17.1 Å². The first kappa shape index (κ1) is 17.7. The van der Waals surface area contributed by atoms with Gasteiger partial charge in [-0.15, -0.1) is 0 Å². The van der Waals surface area contributed by atoms with Gasteiger partial charge in [0.25, 0.3) is 0 Å². The van der Waals surface area contributed by atoms with Crippen molar-refractivity contribution in [2.75, 3.05) is 28.4 Å². The Labute approximate surface area is 148 Å². The highest BCUT2D eigenvalue weighted by Gasteiger charge is 2.41. The average Bonchev–Trinajstić information content (AvgIpc) is 3.26. The molecule has 2 heterocycles. The monoisotopic (exact) mass is 349 g/mol. The standard InChI is InChI=1S/C18H27N3O4/c1-19-18(21-13-9-12-5-6-14(13)25-12)20-10-11-7-15(22-2)17(24-4)16(8-11)23-3/h7-8,12-14H,5-6,9-10H2,1-4H3,(H2,19,20,21). The summed E-state index contributed by atoms with van der Waals surface area (Å²) in [5, 5.41) is 6.82. The molecule has 138 valence electrons. The molecule has 0 spiro atoms. The van der Waals surface area contributed by atoms with Gasteiger partial charge in [0.2, 0.25) is 5.75 Å². The van der Waals surface area contributed by atoms with E-state index in [-0.39, 0.29) is 0 Å². The number of benzene rings is 1. The molecular formula is C18H27N3O4. The summed E-state index contributed by atoms with van der Waals surface area (Å²) in [6, 6.07) is 4.20. The molecule has 25 heavy (non-hydrogen) atoms. The first-order chi connectivity index (χ1) is 12.2. The third-order valence-corrected chi connectivity index (χ3v) is 4.84. The van der Waals surface area contributed by atoms with E-state index in [2.05, 4.69) is 15.6 Å². The zero-order valence-corrected chi connectivity index (χ0v) is 15.3. The van der Waals surface area contributed by atoms with Crippen molar-refractivity contribution in [2.24, 2.45) is 4.99 Å². The smallest absolute Gasteiger partial charge is 0.203 e. The minimum Gasteiger partial charge on any atom is -0.493 e. The molecule has 0 saturated carbocycles. The van der Waals surface area contributed by atoms with Crippen molar-refractivity contribution >= 4 is 5.96 Å². The topological polar surface area (TPSA) is 73.3 Å². The molecule has 7 nitrogen and oxygen atoms in total. The molecule has 2 aliphatic rings. The molecule has 0 amide bonds. The van der Waals surface area contributed by atoms with E-state index in [1.165, 1.54) is 6.42 Å². The summed E-state index contributed by atoms with van der Waals surface area (Å²) in [5.74, 6) is 2.65. The largest absolute Gasteiger partial charge is 0.493 e. The molecule has 2 bridgehead atoms. The molecule has 0 aliphatic carbocycles. The number of aliphatic imine (C=N–C) groups is 1. The maximum atomic E-state index is 5.89. The van der Waals surface area contributed by atoms with E-state index in [1.807, 2.05) is 12.1 Å². The Morgan fingerprint density at radius 3 is 2.36 bits per heavy atom. The zero-order valence-electron chi connectivity index (χ0n) is 15.3. The van der Waals surface area contributed by atoms with E-state index in [1.54, 1.807) is 28.4 Å². The molecule has 3 rings (SSSR count). The van der Waals surface area contributed by atoms with Gasteiger partial charge in [-0.2, -0.15) is 0 Å². The van der Waals surface area contributed by atoms with Crippen LogP contribution in [0.25, 0.3) is 0 Å². The Kier molecular flexibility index (Phi) is 5.53. The zero-order chi connectivity index (χ0) is 17.8. The van der Waals surface area contributed by atoms with E-state index in [9.17, 15) is 0 Å². The van der Waals surface area contributed by atoms with Gasteiger partial charge in [-0.25, -0.2) is 0 Å². The van der Waals surface area contributed by atoms with Crippen LogP contribution in [0.1, 0.15) is 24.8 Å². The van der Waals surface area contributed by atoms with Crippen LogP contribution in [0.4, 0.5) is 0 Å². The summed E-state index contributed by atoms with van der Waals surface area (Å²) in [6.07, 6.45) is 4.09. The highest BCUT2D eigenvalue weighted by Crippen LogP contribution is 2.38. The number of nitrogens with one attached hydrogen (secondary N) is 2. The minimum absolute atomic E-state index is 0.310. The van der Waals surface area contributed by atoms with Crippen LogP contribution in [-0.4, -0.2) is 52.6 Å². The average molecular weight is 349 g/mol. The highest BCUT2D eigenvalue weighted by atomic mass is 16.5. The summed E-state index contributed by atoms with van der Waals surface area (Å²) >= 11 is 0. The van der Waals surface area contributed by atoms with Gasteiger partial charge in [-0.1, -0.05) is 0 Å². The molecule has 1 aromatic rings. The van der Waals surface area contributed by atoms with E-state index in [0.717, 1.165) is 24.4 Å². The lowest BCUT2D eigenvalue weighted by atomic mass is 9.96. The second-order valence-electron chi connectivity index (χ2n) is 6.32. The van der Waals surface area contributed by atoms with Crippen molar-refractivity contribution in [3.8, 4) is 17.2 Å². The van der Waals surface area contributed by atoms with Crippen molar-refractivity contribution in [2.45, 2.75) is 44.1 Å². The third kappa shape index (κ3) is 3.76. The Morgan fingerprint density at radius 2 is 1.88 bits per heavy atom. The Hall–Kier alpha value is -2.15. The molecule has 1 aromatic carbocycles. The Balaban J connectivity index is 1.63. The van der Waals surface area contributed by atoms with Crippen molar-refractivity contribution in [3.63, 3.8) is 0 Å². The number of guanidine groups is 1. The van der Waals surface area contributed by atoms with Crippen LogP contribution in [-0.2, 0) is 11.3 Å². The predicted molar refractivity (Wildman–Crippen MR) is 95.7 cm³/mol. The van der Waals surface area contributed by atoms with Crippen molar-refractivity contribution < 1.29 is 18.9 Å². The van der Waals surface area contributed by atoms with E-state index < -0.39 is 0 Å². The van der Waals surface area contributed by atoms with Crippen molar-refractivity contribution in [1.82, 2.24) is 10.6 Å². The molecule has 2 saturated heterocycles. The fourth-order valence-corrected chi connectivity index (χ4v) is 3.58. The lowest BCUT2D eigenvalue weighted by Crippen LogP contribution is -2.47. The van der Waals surface area contributed by atoms with Gasteiger partial charge in [-0.05, 0) is 37.0 Å². The number of ether oxygens (including phenoxy) is 4. The maximum Gasteiger partial charge on any atom is 0.203 e. The Bertz CT molecular complexity index is 610. The van der Waals surface area contributed by atoms with Gasteiger partial charge in [0, 0.05) is 13.6 Å². The normalized spacial score (nSPS) is 25.0. The fraction of sp³-hybridized carbons (Fsp3) is 0.611. The first-order valence-electron chi connectivity index (χ1n) is 8.60. The van der Waals surface area contributed by atoms with Gasteiger partial charge in [0.1, 0.15) is 0 Å². The van der Waals surface area contributed by atoms with E-state index in [4.69, 9.17) is 18.9 Å². The van der Waals surface area contributed by atoms with Crippen molar-refractivity contribution in [3.05, 3.63) is 17.7 Å². The van der Waals surface area contributed by atoms with E-state index >= 15 is 0 Å². The lowest BCUT2D eigenvalue weighted by Gasteiger charge is -2.23. The second kappa shape index (κ2) is 7.82. The summed E-state index contributed by atoms with van der Waals surface area (Å²) < 4.78 is 22.0. The summed E-state index contributed by atoms with van der Waals surface area (Å²) in [5.41, 5.74) is 1.02. The third-order valence-electron chi connectivity index (χ3n) is 4.84. The van der Waals surface area contributed by atoms with Crippen molar-refractivity contribution in [1.29, 1.82) is 0 Å². The second-order valence-corrected chi connectivity index (χ2v) is 6.32. The van der Waals surface area contributed by atoms with Crippen LogP contribution in [0, 0.1) is 0 Å². The van der Waals surface area contributed by atoms with Crippen LogP contribution < -0.4 is 24.8 Å². The quantitative estimate of drug-likeness (QED) is 0.602. The lowest BCUT2D eigenvalue weighted by molar-refractivity contribution is 0.0992.